The minimum Gasteiger partial charge on any atom is -0.291 e. The average molecular weight is 373 g/mol. The number of rotatable bonds is 3. The van der Waals surface area contributed by atoms with Crippen LogP contribution in [0.2, 0.25) is 5.02 Å². The van der Waals surface area contributed by atoms with Gasteiger partial charge in [-0.2, -0.15) is 4.98 Å². The number of hydrogen-bond acceptors (Lipinski definition) is 4. The van der Waals surface area contributed by atoms with E-state index < -0.39 is 4.92 Å². The lowest BCUT2D eigenvalue weighted by molar-refractivity contribution is -0.384. The van der Waals surface area contributed by atoms with Gasteiger partial charge < -0.3 is 0 Å². The summed E-state index contributed by atoms with van der Waals surface area (Å²) in [5, 5.41) is 10.9. The Morgan fingerprint density at radius 3 is 2.67 bits per heavy atom. The molecular weight excluding hydrogens is 362 g/mol. The molecule has 0 fully saturated rings. The first-order valence-corrected chi connectivity index (χ1v) is 7.14. The van der Waals surface area contributed by atoms with E-state index in [-0.39, 0.29) is 22.9 Å². The Bertz CT molecular complexity index is 789. The first-order valence-electron chi connectivity index (χ1n) is 5.97. The van der Waals surface area contributed by atoms with Crippen molar-refractivity contribution in [1.82, 2.24) is 9.55 Å². The Balaban J connectivity index is 2.46. The summed E-state index contributed by atoms with van der Waals surface area (Å²) in [6, 6.07) is 4.17. The van der Waals surface area contributed by atoms with Gasteiger partial charge >= 0.3 is 5.69 Å². The van der Waals surface area contributed by atoms with Crippen LogP contribution in [-0.4, -0.2) is 14.5 Å². The van der Waals surface area contributed by atoms with Gasteiger partial charge in [0.2, 0.25) is 0 Å². The number of halogens is 2. The summed E-state index contributed by atoms with van der Waals surface area (Å²) in [5.41, 5.74) is 1.48. The van der Waals surface area contributed by atoms with Crippen molar-refractivity contribution in [3.63, 3.8) is 0 Å². The van der Waals surface area contributed by atoms with Crippen molar-refractivity contribution >= 4 is 33.2 Å². The van der Waals surface area contributed by atoms with Gasteiger partial charge in [0, 0.05) is 17.8 Å². The van der Waals surface area contributed by atoms with Crippen LogP contribution in [-0.2, 0) is 6.54 Å². The van der Waals surface area contributed by atoms with E-state index in [1.807, 2.05) is 0 Å². The highest BCUT2D eigenvalue weighted by atomic mass is 79.9. The molecule has 8 heteroatoms. The Morgan fingerprint density at radius 1 is 1.43 bits per heavy atom. The second-order valence-corrected chi connectivity index (χ2v) is 5.70. The van der Waals surface area contributed by atoms with E-state index in [0.29, 0.717) is 11.3 Å². The van der Waals surface area contributed by atoms with Crippen molar-refractivity contribution in [3.8, 4) is 0 Å². The van der Waals surface area contributed by atoms with Gasteiger partial charge in [-0.3, -0.25) is 14.7 Å². The molecule has 0 saturated carbocycles. The fraction of sp³-hybridized carbons (Fsp3) is 0.231. The first-order chi connectivity index (χ1) is 9.81. The van der Waals surface area contributed by atoms with Crippen molar-refractivity contribution in [2.45, 2.75) is 20.4 Å². The van der Waals surface area contributed by atoms with Crippen LogP contribution in [0.25, 0.3) is 0 Å². The lowest BCUT2D eigenvalue weighted by Crippen LogP contribution is -2.27. The molecule has 0 aliphatic heterocycles. The lowest BCUT2D eigenvalue weighted by atomic mass is 10.2. The molecule has 0 aliphatic carbocycles. The molecule has 0 saturated heterocycles. The summed E-state index contributed by atoms with van der Waals surface area (Å²) in [4.78, 5) is 26.1. The molecule has 1 aromatic heterocycles. The van der Waals surface area contributed by atoms with Gasteiger partial charge in [-0.15, -0.1) is 0 Å². The molecule has 1 aromatic carbocycles. The molecule has 0 amide bonds. The molecule has 0 radical (unpaired) electrons. The number of aromatic nitrogens is 2. The molecule has 0 N–H and O–H groups in total. The molecule has 0 spiro atoms. The molecule has 21 heavy (non-hydrogen) atoms. The maximum absolute atomic E-state index is 12.0. The standard InChI is InChI=1S/C13H11BrClN3O3/c1-7-12(14)8(2)17(13(19)16-7)6-9-3-4-10(18(20)21)5-11(9)15/h3-5H,6H2,1-2H3. The molecule has 110 valence electrons. The maximum atomic E-state index is 12.0. The Morgan fingerprint density at radius 2 is 2.10 bits per heavy atom. The molecule has 0 bridgehead atoms. The van der Waals surface area contributed by atoms with Crippen molar-refractivity contribution < 1.29 is 4.92 Å². The van der Waals surface area contributed by atoms with Crippen LogP contribution in [0.1, 0.15) is 17.0 Å². The topological polar surface area (TPSA) is 78.0 Å². The van der Waals surface area contributed by atoms with Gasteiger partial charge in [0.25, 0.3) is 5.69 Å². The maximum Gasteiger partial charge on any atom is 0.348 e. The summed E-state index contributed by atoms with van der Waals surface area (Å²) in [7, 11) is 0. The zero-order valence-corrected chi connectivity index (χ0v) is 13.6. The Hall–Kier alpha value is -1.73. The third-order valence-corrected chi connectivity index (χ3v) is 4.61. The van der Waals surface area contributed by atoms with Crippen LogP contribution in [0.15, 0.2) is 27.5 Å². The molecule has 0 atom stereocenters. The van der Waals surface area contributed by atoms with Crippen molar-refractivity contribution in [2.75, 3.05) is 0 Å². The highest BCUT2D eigenvalue weighted by molar-refractivity contribution is 9.10. The van der Waals surface area contributed by atoms with E-state index in [1.165, 1.54) is 16.7 Å². The quantitative estimate of drug-likeness (QED) is 0.612. The number of benzene rings is 1. The van der Waals surface area contributed by atoms with Crippen molar-refractivity contribution in [3.05, 3.63) is 65.2 Å². The molecule has 2 rings (SSSR count). The normalized spacial score (nSPS) is 10.7. The number of nitrogens with zero attached hydrogens (tertiary/aromatic N) is 3. The van der Waals surface area contributed by atoms with E-state index in [0.717, 1.165) is 10.2 Å². The van der Waals surface area contributed by atoms with E-state index in [9.17, 15) is 14.9 Å². The second-order valence-electron chi connectivity index (χ2n) is 4.50. The fourth-order valence-corrected chi connectivity index (χ4v) is 2.45. The fourth-order valence-electron chi connectivity index (χ4n) is 1.91. The predicted octanol–water partition coefficient (Wildman–Crippen LogP) is 3.23. The van der Waals surface area contributed by atoms with Crippen LogP contribution >= 0.6 is 27.5 Å². The zero-order valence-electron chi connectivity index (χ0n) is 11.3. The van der Waals surface area contributed by atoms with Gasteiger partial charge in [-0.05, 0) is 41.4 Å². The Kier molecular flexibility index (Phi) is 4.43. The van der Waals surface area contributed by atoms with Crippen LogP contribution < -0.4 is 5.69 Å². The highest BCUT2D eigenvalue weighted by Crippen LogP contribution is 2.24. The van der Waals surface area contributed by atoms with Crippen LogP contribution in [0.4, 0.5) is 5.69 Å². The van der Waals surface area contributed by atoms with Gasteiger partial charge in [-0.25, -0.2) is 4.79 Å². The largest absolute Gasteiger partial charge is 0.348 e. The van der Waals surface area contributed by atoms with E-state index in [4.69, 9.17) is 11.6 Å². The van der Waals surface area contributed by atoms with Gasteiger partial charge in [0.1, 0.15) is 0 Å². The summed E-state index contributed by atoms with van der Waals surface area (Å²) in [6.45, 7) is 3.73. The SMILES string of the molecule is Cc1nc(=O)n(Cc2ccc([N+](=O)[O-])cc2Cl)c(C)c1Br. The third kappa shape index (κ3) is 3.14. The van der Waals surface area contributed by atoms with Gasteiger partial charge in [0.05, 0.1) is 26.7 Å². The number of nitro groups is 1. The number of nitro benzene ring substituents is 1. The number of non-ortho nitro benzene ring substituents is 1. The molecule has 0 unspecified atom stereocenters. The zero-order chi connectivity index (χ0) is 15.7. The van der Waals surface area contributed by atoms with Crippen LogP contribution in [0, 0.1) is 24.0 Å². The summed E-state index contributed by atoms with van der Waals surface area (Å²) < 4.78 is 2.21. The molecule has 1 heterocycles. The van der Waals surface area contributed by atoms with Crippen LogP contribution in [0.3, 0.4) is 0 Å². The minimum atomic E-state index is -0.517. The molecule has 6 nitrogen and oxygen atoms in total. The molecule has 0 aliphatic rings. The van der Waals surface area contributed by atoms with Crippen molar-refractivity contribution in [2.24, 2.45) is 0 Å². The Labute approximate surface area is 133 Å². The highest BCUT2D eigenvalue weighted by Gasteiger charge is 2.13. The average Bonchev–Trinajstić information content (AvgIpc) is 2.42. The first kappa shape index (κ1) is 15.7. The van der Waals surface area contributed by atoms with E-state index >= 15 is 0 Å². The summed E-state index contributed by atoms with van der Waals surface area (Å²) in [5.74, 6) is 0. The van der Waals surface area contributed by atoms with E-state index in [1.54, 1.807) is 19.9 Å². The number of hydrogen-bond donors (Lipinski definition) is 0. The van der Waals surface area contributed by atoms with Crippen LogP contribution in [0.5, 0.6) is 0 Å². The number of aryl methyl sites for hydroxylation is 1. The molecule has 2 aromatic rings. The minimum absolute atomic E-state index is 0.0870. The van der Waals surface area contributed by atoms with Gasteiger partial charge in [-0.1, -0.05) is 11.6 Å². The smallest absolute Gasteiger partial charge is 0.291 e. The van der Waals surface area contributed by atoms with E-state index in [2.05, 4.69) is 20.9 Å². The lowest BCUT2D eigenvalue weighted by Gasteiger charge is -2.13. The molecular formula is C13H11BrClN3O3. The second kappa shape index (κ2) is 5.95. The summed E-state index contributed by atoms with van der Waals surface area (Å²) >= 11 is 9.43. The van der Waals surface area contributed by atoms with Crippen molar-refractivity contribution in [1.29, 1.82) is 0 Å². The third-order valence-electron chi connectivity index (χ3n) is 3.11. The summed E-state index contributed by atoms with van der Waals surface area (Å²) in [6.07, 6.45) is 0. The predicted molar refractivity (Wildman–Crippen MR) is 82.9 cm³/mol. The van der Waals surface area contributed by atoms with Gasteiger partial charge in [0.15, 0.2) is 0 Å². The monoisotopic (exact) mass is 371 g/mol.